The summed E-state index contributed by atoms with van der Waals surface area (Å²) in [6, 6.07) is 7.49. The minimum absolute atomic E-state index is 0.316. The first kappa shape index (κ1) is 14.9. The van der Waals surface area contributed by atoms with Gasteiger partial charge in [0.15, 0.2) is 0 Å². The smallest absolute Gasteiger partial charge is 0.141 e. The Morgan fingerprint density at radius 2 is 1.92 bits per heavy atom. The van der Waals surface area contributed by atoms with Crippen molar-refractivity contribution in [1.82, 2.24) is 9.97 Å². The van der Waals surface area contributed by atoms with Crippen molar-refractivity contribution in [2.75, 3.05) is 18.0 Å². The molecule has 1 aliphatic carbocycles. The van der Waals surface area contributed by atoms with Gasteiger partial charge in [-0.3, -0.25) is 0 Å². The number of phenolic OH excluding ortho intramolecular Hbond substituents is 1. The molecular weight excluding hydrogens is 330 g/mol. The third-order valence-electron chi connectivity index (χ3n) is 5.23. The molecule has 0 unspecified atom stereocenters. The van der Waals surface area contributed by atoms with Crippen molar-refractivity contribution in [2.24, 2.45) is 0 Å². The number of aryl methyl sites for hydroxylation is 2. The van der Waals surface area contributed by atoms with Crippen LogP contribution in [-0.2, 0) is 12.8 Å². The zero-order chi connectivity index (χ0) is 16.8. The van der Waals surface area contributed by atoms with Crippen LogP contribution in [0, 0.1) is 0 Å². The molecule has 0 saturated heterocycles. The number of fused-ring (bicyclic) bond motifs is 3. The average molecular weight is 349 g/mol. The molecule has 2 aliphatic rings. The van der Waals surface area contributed by atoms with Crippen LogP contribution >= 0.6 is 11.3 Å². The lowest BCUT2D eigenvalue weighted by Gasteiger charge is -2.28. The molecule has 4 nitrogen and oxygen atoms in total. The van der Waals surface area contributed by atoms with Gasteiger partial charge in [0.25, 0.3) is 0 Å². The number of aromatic nitrogens is 2. The van der Waals surface area contributed by atoms with Crippen molar-refractivity contribution < 1.29 is 5.11 Å². The highest BCUT2D eigenvalue weighted by Gasteiger charge is 2.24. The van der Waals surface area contributed by atoms with Gasteiger partial charge in [-0.25, -0.2) is 9.97 Å². The van der Waals surface area contributed by atoms with Gasteiger partial charge in [-0.2, -0.15) is 0 Å². The highest BCUT2D eigenvalue weighted by molar-refractivity contribution is 7.19. The molecule has 0 fully saturated rings. The first-order valence-corrected chi connectivity index (χ1v) is 9.60. The third-order valence-corrected chi connectivity index (χ3v) is 6.43. The number of hydrogen-bond donors (Lipinski definition) is 1. The summed E-state index contributed by atoms with van der Waals surface area (Å²) in [5.41, 5.74) is 4.03. The monoisotopic (exact) mass is 349 g/mol. The normalized spacial score (nSPS) is 17.0. The zero-order valence-electron chi connectivity index (χ0n) is 13.9. The van der Waals surface area contributed by atoms with Crippen molar-refractivity contribution >= 4 is 32.9 Å². The van der Waals surface area contributed by atoms with Crippen LogP contribution in [0.3, 0.4) is 0 Å². The molecule has 0 bridgehead atoms. The summed E-state index contributed by atoms with van der Waals surface area (Å²) in [7, 11) is 0. The maximum absolute atomic E-state index is 9.46. The van der Waals surface area contributed by atoms with Crippen LogP contribution in [0.15, 0.2) is 36.7 Å². The van der Waals surface area contributed by atoms with E-state index in [1.807, 2.05) is 23.5 Å². The molecule has 0 atom stereocenters. The molecule has 3 aromatic rings. The Balaban J connectivity index is 1.48. The van der Waals surface area contributed by atoms with Gasteiger partial charge >= 0.3 is 0 Å². The predicted octanol–water partition coefficient (Wildman–Crippen LogP) is 4.18. The van der Waals surface area contributed by atoms with Crippen molar-refractivity contribution in [1.29, 1.82) is 0 Å². The maximum Gasteiger partial charge on any atom is 0.141 e. The molecule has 3 heterocycles. The van der Waals surface area contributed by atoms with E-state index in [0.29, 0.717) is 5.75 Å². The van der Waals surface area contributed by atoms with Gasteiger partial charge in [0.1, 0.15) is 22.7 Å². The topological polar surface area (TPSA) is 49.2 Å². The number of nitrogens with zero attached hydrogens (tertiary/aromatic N) is 3. The SMILES string of the molecule is Oc1ccc(C2=CCN(c3ncnc4sc5c(c34)CCC5)CC2)cc1. The van der Waals surface area contributed by atoms with Crippen LogP contribution < -0.4 is 4.90 Å². The molecule has 5 heteroatoms. The summed E-state index contributed by atoms with van der Waals surface area (Å²) >= 11 is 1.85. The molecule has 1 aliphatic heterocycles. The second kappa shape index (κ2) is 5.85. The fourth-order valence-electron chi connectivity index (χ4n) is 3.95. The van der Waals surface area contributed by atoms with E-state index >= 15 is 0 Å². The Kier molecular flexibility index (Phi) is 3.48. The van der Waals surface area contributed by atoms with E-state index in [1.54, 1.807) is 18.5 Å². The van der Waals surface area contributed by atoms with Gasteiger partial charge in [0.2, 0.25) is 0 Å². The van der Waals surface area contributed by atoms with Gasteiger partial charge in [-0.1, -0.05) is 18.2 Å². The van der Waals surface area contributed by atoms with Crippen LogP contribution in [-0.4, -0.2) is 28.2 Å². The Hall–Kier alpha value is -2.40. The highest BCUT2D eigenvalue weighted by Crippen LogP contribution is 2.40. The van der Waals surface area contributed by atoms with Crippen LogP contribution in [0.2, 0.25) is 0 Å². The molecule has 5 rings (SSSR count). The van der Waals surface area contributed by atoms with E-state index < -0.39 is 0 Å². The number of benzene rings is 1. The van der Waals surface area contributed by atoms with Crippen molar-refractivity contribution in [3.63, 3.8) is 0 Å². The Bertz CT molecular complexity index is 975. The quantitative estimate of drug-likeness (QED) is 0.754. The molecule has 126 valence electrons. The Morgan fingerprint density at radius 1 is 1.04 bits per heavy atom. The maximum atomic E-state index is 9.46. The minimum Gasteiger partial charge on any atom is -0.508 e. The van der Waals surface area contributed by atoms with E-state index in [0.717, 1.165) is 36.6 Å². The summed E-state index contributed by atoms with van der Waals surface area (Å²) in [6.07, 6.45) is 8.61. The lowest BCUT2D eigenvalue weighted by atomic mass is 9.99. The van der Waals surface area contributed by atoms with Crippen LogP contribution in [0.1, 0.15) is 28.8 Å². The first-order chi connectivity index (χ1) is 12.3. The lowest BCUT2D eigenvalue weighted by molar-refractivity contribution is 0.475. The van der Waals surface area contributed by atoms with Crippen molar-refractivity contribution in [2.45, 2.75) is 25.7 Å². The molecule has 0 spiro atoms. The van der Waals surface area contributed by atoms with Gasteiger partial charge in [0.05, 0.1) is 5.39 Å². The Labute approximate surface area is 150 Å². The number of thiophene rings is 1. The van der Waals surface area contributed by atoms with Crippen molar-refractivity contribution in [3.8, 4) is 5.75 Å². The minimum atomic E-state index is 0.316. The second-order valence-electron chi connectivity index (χ2n) is 6.71. The molecule has 25 heavy (non-hydrogen) atoms. The second-order valence-corrected chi connectivity index (χ2v) is 7.79. The molecule has 2 aromatic heterocycles. The number of aromatic hydroxyl groups is 1. The molecular formula is C20H19N3OS. The summed E-state index contributed by atoms with van der Waals surface area (Å²) in [6.45, 7) is 1.83. The number of phenols is 1. The standard InChI is InChI=1S/C20H19N3OS/c24-15-6-4-13(5-7-15)14-8-10-23(11-9-14)19-18-16-2-1-3-17(16)25-20(18)22-12-21-19/h4-8,12,24H,1-3,9-11H2. The van der Waals surface area contributed by atoms with Crippen LogP contribution in [0.4, 0.5) is 5.82 Å². The van der Waals surface area contributed by atoms with E-state index in [2.05, 4.69) is 20.9 Å². The number of hydrogen-bond acceptors (Lipinski definition) is 5. The van der Waals surface area contributed by atoms with Gasteiger partial charge < -0.3 is 10.0 Å². The van der Waals surface area contributed by atoms with Crippen LogP contribution in [0.5, 0.6) is 5.75 Å². The first-order valence-electron chi connectivity index (χ1n) is 8.78. The summed E-state index contributed by atoms with van der Waals surface area (Å²) in [5, 5.41) is 10.8. The van der Waals surface area contributed by atoms with Gasteiger partial charge in [-0.05, 0) is 54.5 Å². The molecule has 1 N–H and O–H groups in total. The molecule has 0 radical (unpaired) electrons. The van der Waals surface area contributed by atoms with Crippen LogP contribution in [0.25, 0.3) is 15.8 Å². The third kappa shape index (κ3) is 2.50. The van der Waals surface area contributed by atoms with E-state index in [9.17, 15) is 5.11 Å². The lowest BCUT2D eigenvalue weighted by Crippen LogP contribution is -2.29. The largest absolute Gasteiger partial charge is 0.508 e. The average Bonchev–Trinajstić information content (AvgIpc) is 3.23. The number of rotatable bonds is 2. The number of anilines is 1. The van der Waals surface area contributed by atoms with Crippen molar-refractivity contribution in [3.05, 3.63) is 52.7 Å². The summed E-state index contributed by atoms with van der Waals surface area (Å²) in [4.78, 5) is 14.2. The Morgan fingerprint density at radius 3 is 2.72 bits per heavy atom. The fraction of sp³-hybridized carbons (Fsp3) is 0.300. The molecule has 1 aromatic carbocycles. The fourth-order valence-corrected chi connectivity index (χ4v) is 5.17. The zero-order valence-corrected chi connectivity index (χ0v) is 14.7. The summed E-state index contributed by atoms with van der Waals surface area (Å²) in [5.74, 6) is 1.42. The molecule has 0 saturated carbocycles. The molecule has 0 amide bonds. The predicted molar refractivity (Wildman–Crippen MR) is 102 cm³/mol. The van der Waals surface area contributed by atoms with E-state index in [4.69, 9.17) is 0 Å². The van der Waals surface area contributed by atoms with E-state index in [-0.39, 0.29) is 0 Å². The van der Waals surface area contributed by atoms with E-state index in [1.165, 1.54) is 39.8 Å². The van der Waals surface area contributed by atoms with Gasteiger partial charge in [-0.15, -0.1) is 11.3 Å². The summed E-state index contributed by atoms with van der Waals surface area (Å²) < 4.78 is 0. The van der Waals surface area contributed by atoms with Gasteiger partial charge in [0, 0.05) is 18.0 Å². The highest BCUT2D eigenvalue weighted by atomic mass is 32.1.